The molecule has 0 spiro atoms. The summed E-state index contributed by atoms with van der Waals surface area (Å²) in [7, 11) is 0. The van der Waals surface area contributed by atoms with Gasteiger partial charge < -0.3 is 10.2 Å². The number of carbonyl (C=O) groups is 3. The Hall–Kier alpha value is -3.11. The van der Waals surface area contributed by atoms with Gasteiger partial charge in [0.2, 0.25) is 0 Å². The van der Waals surface area contributed by atoms with Gasteiger partial charge in [0, 0.05) is 24.9 Å². The van der Waals surface area contributed by atoms with Gasteiger partial charge in [-0.1, -0.05) is 13.0 Å². The maximum absolute atomic E-state index is 13.5. The second kappa shape index (κ2) is 9.80. The summed E-state index contributed by atoms with van der Waals surface area (Å²) >= 11 is 0. The molecule has 2 amide bonds. The SMILES string of the molecule is CCC(NC(=O)C(=O)N1CC[C@H](C(=O)Cc2ccc(F)c(C(F)(F)F)c2)[C@@H]1C)C1=CCN=N1. The van der Waals surface area contributed by atoms with E-state index < -0.39 is 47.4 Å². The lowest BCUT2D eigenvalue weighted by Gasteiger charge is -2.25. The van der Waals surface area contributed by atoms with Crippen LogP contribution in [0, 0.1) is 11.7 Å². The van der Waals surface area contributed by atoms with Crippen molar-refractivity contribution in [2.24, 2.45) is 16.1 Å². The van der Waals surface area contributed by atoms with Gasteiger partial charge in [0.05, 0.1) is 23.8 Å². The number of hydrogen-bond acceptors (Lipinski definition) is 5. The third kappa shape index (κ3) is 5.45. The number of nitrogens with one attached hydrogen (secondary N) is 1. The first kappa shape index (κ1) is 24.5. The van der Waals surface area contributed by atoms with Gasteiger partial charge in [-0.05, 0) is 43.5 Å². The number of Topliss-reactive ketones (excluding diaryl/α,β-unsaturated/α-hetero) is 1. The molecule has 0 saturated carbocycles. The van der Waals surface area contributed by atoms with Gasteiger partial charge in [-0.15, -0.1) is 0 Å². The summed E-state index contributed by atoms with van der Waals surface area (Å²) in [6.45, 7) is 4.04. The van der Waals surface area contributed by atoms with E-state index in [9.17, 15) is 31.9 Å². The van der Waals surface area contributed by atoms with E-state index in [0.29, 0.717) is 30.8 Å². The van der Waals surface area contributed by atoms with Crippen LogP contribution < -0.4 is 5.32 Å². The molecular weight excluding hydrogens is 444 g/mol. The van der Waals surface area contributed by atoms with Crippen molar-refractivity contribution in [2.45, 2.75) is 51.4 Å². The standard InChI is InChI=1S/C22H24F4N4O3/c1-3-17(18-6-8-27-29-18)28-20(32)21(33)30-9-7-14(12(30)2)19(31)11-13-4-5-16(23)15(10-13)22(24,25)26/h4-6,10,12,14,17H,3,7-9,11H2,1-2H3,(H,28,32)/t12-,14-,17?/m0/s1. The molecule has 0 aliphatic carbocycles. The normalized spacial score (nSPS) is 21.2. The molecule has 3 atom stereocenters. The number of carbonyl (C=O) groups excluding carboxylic acids is 3. The second-order valence-electron chi connectivity index (χ2n) is 8.08. The van der Waals surface area contributed by atoms with E-state index in [1.807, 2.05) is 6.92 Å². The molecule has 7 nitrogen and oxygen atoms in total. The third-order valence-electron chi connectivity index (χ3n) is 5.98. The van der Waals surface area contributed by atoms with Crippen LogP contribution in [-0.4, -0.2) is 47.7 Å². The first-order valence-electron chi connectivity index (χ1n) is 10.6. The van der Waals surface area contributed by atoms with Crippen molar-refractivity contribution in [1.82, 2.24) is 10.2 Å². The van der Waals surface area contributed by atoms with E-state index >= 15 is 0 Å². The fraction of sp³-hybridized carbons (Fsp3) is 0.500. The molecule has 2 heterocycles. The van der Waals surface area contributed by atoms with Crippen LogP contribution in [0.1, 0.15) is 37.8 Å². The van der Waals surface area contributed by atoms with Crippen molar-refractivity contribution in [2.75, 3.05) is 13.1 Å². The van der Waals surface area contributed by atoms with Crippen LogP contribution in [0.25, 0.3) is 0 Å². The third-order valence-corrected chi connectivity index (χ3v) is 5.98. The summed E-state index contributed by atoms with van der Waals surface area (Å²) in [4.78, 5) is 39.3. The Morgan fingerprint density at radius 1 is 1.27 bits per heavy atom. The van der Waals surface area contributed by atoms with Crippen molar-refractivity contribution >= 4 is 17.6 Å². The van der Waals surface area contributed by atoms with Gasteiger partial charge in [0.1, 0.15) is 11.6 Å². The van der Waals surface area contributed by atoms with Gasteiger partial charge in [-0.2, -0.15) is 23.4 Å². The van der Waals surface area contributed by atoms with Crippen LogP contribution in [0.5, 0.6) is 0 Å². The van der Waals surface area contributed by atoms with Crippen LogP contribution in [0.15, 0.2) is 40.2 Å². The van der Waals surface area contributed by atoms with Crippen molar-refractivity contribution < 1.29 is 31.9 Å². The predicted molar refractivity (Wildman–Crippen MR) is 109 cm³/mol. The molecule has 11 heteroatoms. The van der Waals surface area contributed by atoms with Gasteiger partial charge >= 0.3 is 18.0 Å². The number of halogens is 4. The molecule has 1 aromatic rings. The summed E-state index contributed by atoms with van der Waals surface area (Å²) in [5.41, 5.74) is -0.810. The molecule has 1 fully saturated rings. The minimum Gasteiger partial charge on any atom is -0.339 e. The van der Waals surface area contributed by atoms with Gasteiger partial charge in [-0.25, -0.2) is 4.39 Å². The summed E-state index contributed by atoms with van der Waals surface area (Å²) in [6, 6.07) is 1.39. The first-order chi connectivity index (χ1) is 15.5. The maximum atomic E-state index is 13.5. The van der Waals surface area contributed by atoms with Crippen molar-refractivity contribution in [1.29, 1.82) is 0 Å². The van der Waals surface area contributed by atoms with Crippen LogP contribution in [0.4, 0.5) is 17.6 Å². The van der Waals surface area contributed by atoms with Crippen molar-refractivity contribution in [3.8, 4) is 0 Å². The van der Waals surface area contributed by atoms with Crippen LogP contribution >= 0.6 is 0 Å². The van der Waals surface area contributed by atoms with E-state index in [0.717, 1.165) is 6.07 Å². The predicted octanol–water partition coefficient (Wildman–Crippen LogP) is 3.44. The zero-order valence-electron chi connectivity index (χ0n) is 18.2. The highest BCUT2D eigenvalue weighted by Gasteiger charge is 2.40. The number of likely N-dealkylation sites (tertiary alicyclic amines) is 1. The fourth-order valence-electron chi connectivity index (χ4n) is 4.13. The quantitative estimate of drug-likeness (QED) is 0.512. The van der Waals surface area contributed by atoms with Gasteiger partial charge in [0.25, 0.3) is 0 Å². The second-order valence-corrected chi connectivity index (χ2v) is 8.08. The molecule has 1 N–H and O–H groups in total. The number of benzene rings is 1. The minimum absolute atomic E-state index is 0.0354. The van der Waals surface area contributed by atoms with Gasteiger partial charge in [0.15, 0.2) is 0 Å². The number of rotatable bonds is 6. The molecule has 0 radical (unpaired) electrons. The minimum atomic E-state index is -4.87. The lowest BCUT2D eigenvalue weighted by atomic mass is 9.91. The highest BCUT2D eigenvalue weighted by atomic mass is 19.4. The molecule has 2 aliphatic heterocycles. The van der Waals surface area contributed by atoms with Crippen LogP contribution in [0.2, 0.25) is 0 Å². The van der Waals surface area contributed by atoms with Crippen LogP contribution in [-0.2, 0) is 27.0 Å². The zero-order valence-corrected chi connectivity index (χ0v) is 18.2. The fourth-order valence-corrected chi connectivity index (χ4v) is 4.13. The number of hydrogen-bond donors (Lipinski definition) is 1. The van der Waals surface area contributed by atoms with E-state index in [4.69, 9.17) is 0 Å². The largest absolute Gasteiger partial charge is 0.419 e. The molecule has 0 bridgehead atoms. The number of nitrogens with zero attached hydrogens (tertiary/aromatic N) is 3. The van der Waals surface area contributed by atoms with E-state index in [-0.39, 0.29) is 30.7 Å². The smallest absolute Gasteiger partial charge is 0.339 e. The Balaban J connectivity index is 1.63. The molecule has 1 saturated heterocycles. The lowest BCUT2D eigenvalue weighted by Crippen LogP contribution is -2.48. The van der Waals surface area contributed by atoms with E-state index in [1.54, 1.807) is 13.0 Å². The highest BCUT2D eigenvalue weighted by Crippen LogP contribution is 2.33. The highest BCUT2D eigenvalue weighted by molar-refractivity contribution is 6.35. The molecule has 0 aromatic heterocycles. The molecule has 1 unspecified atom stereocenters. The van der Waals surface area contributed by atoms with E-state index in [1.165, 1.54) is 4.90 Å². The van der Waals surface area contributed by atoms with Crippen molar-refractivity contribution in [3.05, 3.63) is 46.9 Å². The van der Waals surface area contributed by atoms with Gasteiger partial charge in [-0.3, -0.25) is 14.4 Å². The monoisotopic (exact) mass is 468 g/mol. The molecule has 2 aliphatic rings. The van der Waals surface area contributed by atoms with Crippen LogP contribution in [0.3, 0.4) is 0 Å². The average Bonchev–Trinajstić information content (AvgIpc) is 3.42. The molecule has 33 heavy (non-hydrogen) atoms. The van der Waals surface area contributed by atoms with Crippen molar-refractivity contribution in [3.63, 3.8) is 0 Å². The maximum Gasteiger partial charge on any atom is 0.419 e. The Morgan fingerprint density at radius 2 is 2.00 bits per heavy atom. The Morgan fingerprint density at radius 3 is 2.61 bits per heavy atom. The molecule has 178 valence electrons. The van der Waals surface area contributed by atoms with E-state index in [2.05, 4.69) is 15.5 Å². The Labute approximate surface area is 187 Å². The number of ketones is 1. The average molecular weight is 468 g/mol. The molecular formula is C22H24F4N4O3. The number of azo groups is 1. The molecule has 1 aromatic carbocycles. The lowest BCUT2D eigenvalue weighted by molar-refractivity contribution is -0.147. The topological polar surface area (TPSA) is 91.2 Å². The first-order valence-corrected chi connectivity index (χ1v) is 10.6. The summed E-state index contributed by atoms with van der Waals surface area (Å²) in [6.07, 6.45) is -2.65. The summed E-state index contributed by atoms with van der Waals surface area (Å²) in [5, 5.41) is 10.4. The Kier molecular flexibility index (Phi) is 7.28. The summed E-state index contributed by atoms with van der Waals surface area (Å²) in [5.74, 6) is -4.03. The Bertz CT molecular complexity index is 1010. The molecule has 3 rings (SSSR count). The summed E-state index contributed by atoms with van der Waals surface area (Å²) < 4.78 is 52.3. The number of alkyl halides is 3. The zero-order chi connectivity index (χ0) is 24.3. The number of amides is 2.